The van der Waals surface area contributed by atoms with Crippen LogP contribution in [-0.4, -0.2) is 226 Å². The number of carbonyl (C=O) groups is 7. The number of nitrogens with zero attached hydrogens (tertiary/aromatic N) is 5. The summed E-state index contributed by atoms with van der Waals surface area (Å²) in [5, 5.41) is 29.5. The van der Waals surface area contributed by atoms with Gasteiger partial charge in [-0.3, -0.25) is 24.0 Å². The molecule has 1 aromatic heterocycles. The van der Waals surface area contributed by atoms with E-state index in [-0.39, 0.29) is 93.4 Å². The van der Waals surface area contributed by atoms with Crippen LogP contribution in [0.5, 0.6) is 0 Å². The minimum absolute atomic E-state index is 0.0104. The number of ketones is 2. The summed E-state index contributed by atoms with van der Waals surface area (Å²) in [5.41, 5.74) is 2.10. The van der Waals surface area contributed by atoms with Gasteiger partial charge >= 0.3 is 12.1 Å². The molecule has 1 aliphatic carbocycles. The Kier molecular flexibility index (Phi) is 33.2. The molecule has 4 amide bonds. The van der Waals surface area contributed by atoms with Gasteiger partial charge in [0.2, 0.25) is 23.5 Å². The highest BCUT2D eigenvalue weighted by atomic mass is 16.6. The Bertz CT molecular complexity index is 2810. The van der Waals surface area contributed by atoms with E-state index in [4.69, 9.17) is 42.6 Å². The van der Waals surface area contributed by atoms with Crippen LogP contribution >= 0.6 is 0 Å². The van der Waals surface area contributed by atoms with Gasteiger partial charge in [0.25, 0.3) is 11.7 Å². The van der Waals surface area contributed by atoms with Gasteiger partial charge in [-0.2, -0.15) is 0 Å². The van der Waals surface area contributed by atoms with E-state index in [1.807, 2.05) is 87.8 Å². The van der Waals surface area contributed by atoms with E-state index < -0.39 is 96.2 Å². The Morgan fingerprint density at radius 2 is 1.48 bits per heavy atom. The molecule has 4 N–H and O–H groups in total. The summed E-state index contributed by atoms with van der Waals surface area (Å²) >= 11 is 0. The van der Waals surface area contributed by atoms with Crippen molar-refractivity contribution in [3.63, 3.8) is 0 Å². The van der Waals surface area contributed by atoms with Crippen molar-refractivity contribution in [2.75, 3.05) is 99.0 Å². The van der Waals surface area contributed by atoms with Gasteiger partial charge < -0.3 is 78.2 Å². The van der Waals surface area contributed by atoms with Crippen molar-refractivity contribution in [3.8, 4) is 0 Å². The lowest BCUT2D eigenvalue weighted by molar-refractivity contribution is -0.265. The topological polar surface area (TPSA) is 303 Å². The molecule has 0 radical (unpaired) electrons. The number of carbonyl (C=O) groups excluding carboxylic acids is 7. The first-order valence-corrected chi connectivity index (χ1v) is 35.1. The number of ether oxygens (including phenoxy) is 9. The molecule has 25 heteroatoms. The molecule has 1 aromatic rings. The summed E-state index contributed by atoms with van der Waals surface area (Å²) in [6.45, 7) is 19.1. The third-order valence-corrected chi connectivity index (χ3v) is 19.9. The highest BCUT2D eigenvalue weighted by molar-refractivity contribution is 6.39. The average Bonchev–Trinajstić information content (AvgIpc) is 0.779. The first-order chi connectivity index (χ1) is 46.4. The lowest BCUT2D eigenvalue weighted by Gasteiger charge is -2.43. The predicted molar refractivity (Wildman–Crippen MR) is 362 cm³/mol. The summed E-state index contributed by atoms with van der Waals surface area (Å²) in [6, 6.07) is -1.14. The molecule has 5 aliphatic rings. The third-order valence-electron chi connectivity index (χ3n) is 19.9. The summed E-state index contributed by atoms with van der Waals surface area (Å²) in [7, 11) is 6.12. The number of esters is 1. The van der Waals surface area contributed by atoms with Gasteiger partial charge in [0, 0.05) is 136 Å². The summed E-state index contributed by atoms with van der Waals surface area (Å²) in [4.78, 5) is 110. The molecule has 6 rings (SSSR count). The number of Topliss-reactive ketones (excluding diaryl/α,β-unsaturated/α-hetero) is 2. The number of hydrogen-bond donors (Lipinski definition) is 4. The van der Waals surface area contributed by atoms with E-state index in [0.29, 0.717) is 122 Å². The van der Waals surface area contributed by atoms with Crippen LogP contribution in [0.4, 0.5) is 10.7 Å². The van der Waals surface area contributed by atoms with E-state index in [1.165, 1.54) is 12.0 Å². The largest absolute Gasteiger partial charge is 0.460 e. The van der Waals surface area contributed by atoms with E-state index in [2.05, 4.69) is 20.6 Å². The lowest BCUT2D eigenvalue weighted by Crippen LogP contribution is -2.61. The number of cyclic esters (lactones) is 1. The Morgan fingerprint density at radius 3 is 2.18 bits per heavy atom. The Hall–Kier alpha value is -6.03. The maximum atomic E-state index is 14.9. The summed E-state index contributed by atoms with van der Waals surface area (Å²) < 4.78 is 53.4. The van der Waals surface area contributed by atoms with Gasteiger partial charge in [0.05, 0.1) is 50.7 Å². The van der Waals surface area contributed by atoms with Crippen molar-refractivity contribution in [2.24, 2.45) is 35.5 Å². The number of aliphatic hydroxyl groups excluding tert-OH is 1. The van der Waals surface area contributed by atoms with Crippen molar-refractivity contribution < 1.29 is 86.4 Å². The molecule has 544 valence electrons. The molecule has 97 heavy (non-hydrogen) atoms. The monoisotopic (exact) mass is 1360 g/mol. The van der Waals surface area contributed by atoms with Crippen LogP contribution in [0.3, 0.4) is 0 Å². The standard InChI is InChI=1S/C72H113N7O18/c1-13-93-35-27-63(81)77-30-32-78(33-31-77)70-75-44-54(45-76-70)43-74-62(80)26-34-94-36-28-73-71(87)96-57-25-23-53(40-61(57)91-11)39-49(5)60-42-59(90-10)48(4)38-51(7)65(83)66(92-12)64(82)50(6)37-46(2)19-15-14-16-20-47(3)58(89-9)41-55-24-22-52(8)72(88,97-55)67(84)68(85)79-29-18-17-21-56(79)69(86)95-60/h14-16,19-20,38,44-46,48-50,52-53,55-61,65-66,83,88H,13,17-18,21-37,39-43H2,1-12H3,(H,73,87)(H,74,80)/b16-14+,19-15+,47-20+,51-38+/t46-,48-,49-,50?,52-,53+,55+,56+,57-,58+,59-,60+,61-,65-,66+,72-/m1/s1. The number of aliphatic hydroxyl groups is 2. The van der Waals surface area contributed by atoms with Gasteiger partial charge in [0.15, 0.2) is 5.78 Å². The molecule has 1 unspecified atom stereocenters. The average molecular weight is 1360 g/mol. The highest BCUT2D eigenvalue weighted by Crippen LogP contribution is 2.39. The van der Waals surface area contributed by atoms with Gasteiger partial charge in [-0.15, -0.1) is 0 Å². The molecule has 2 bridgehead atoms. The fourth-order valence-corrected chi connectivity index (χ4v) is 13.9. The zero-order valence-corrected chi connectivity index (χ0v) is 59.6. The fourth-order valence-electron chi connectivity index (χ4n) is 13.9. The molecule has 1 saturated carbocycles. The SMILES string of the molecule is CCOCCC(=O)N1CCN(c2ncc(CNC(=O)CCOCCNC(=O)O[C@@H]3CC[C@@H](C[C@@H](C)[C@@H]4C[C@@H](OC)[C@H](C)/C=C(\C)[C@@H](O)[C@@H](OC)C(=O)C(C)C[C@H](C)/C=C/C=C/C=C(\C)[C@@H](OC)C[C@@H]5CC[C@@H](C)[C@@](O)(O5)C(=O)C(=O)N5CCCC[C@H]5C(=O)O4)C[C@H]3OC)cn2)CC1. The van der Waals surface area contributed by atoms with Crippen LogP contribution in [0.15, 0.2) is 60.0 Å². The molecular weight excluding hydrogens is 1250 g/mol. The number of hydrogen-bond acceptors (Lipinski definition) is 21. The first kappa shape index (κ1) is 80.0. The highest BCUT2D eigenvalue weighted by Gasteiger charge is 2.53. The van der Waals surface area contributed by atoms with E-state index in [1.54, 1.807) is 47.6 Å². The minimum atomic E-state index is -2.46. The molecule has 5 heterocycles. The number of piperazine rings is 1. The number of amides is 4. The Morgan fingerprint density at radius 1 is 0.763 bits per heavy atom. The second-order valence-electron chi connectivity index (χ2n) is 27.1. The number of alkyl carbamates (subject to hydrolysis) is 1. The number of allylic oxidation sites excluding steroid dienone is 5. The lowest BCUT2D eigenvalue weighted by atomic mass is 9.78. The maximum Gasteiger partial charge on any atom is 0.407 e. The molecule has 0 spiro atoms. The number of piperidine rings is 1. The zero-order chi connectivity index (χ0) is 70.8. The van der Waals surface area contributed by atoms with Crippen molar-refractivity contribution in [2.45, 2.75) is 212 Å². The van der Waals surface area contributed by atoms with Crippen LogP contribution in [-0.2, 0) is 77.9 Å². The second-order valence-corrected chi connectivity index (χ2v) is 27.1. The number of anilines is 1. The molecule has 25 nitrogen and oxygen atoms in total. The third kappa shape index (κ3) is 23.8. The Labute approximate surface area is 574 Å². The van der Waals surface area contributed by atoms with Gasteiger partial charge in [-0.25, -0.2) is 19.6 Å². The van der Waals surface area contributed by atoms with Crippen molar-refractivity contribution >= 4 is 47.3 Å². The van der Waals surface area contributed by atoms with E-state index in [0.717, 1.165) is 11.1 Å². The minimum Gasteiger partial charge on any atom is -0.460 e. The predicted octanol–water partition coefficient (Wildman–Crippen LogP) is 6.95. The van der Waals surface area contributed by atoms with Gasteiger partial charge in [0.1, 0.15) is 30.5 Å². The quantitative estimate of drug-likeness (QED) is 0.0419. The first-order valence-electron chi connectivity index (χ1n) is 35.1. The molecule has 4 aliphatic heterocycles. The number of rotatable bonds is 21. The second kappa shape index (κ2) is 40.3. The molecule has 0 aromatic carbocycles. The van der Waals surface area contributed by atoms with E-state index in [9.17, 15) is 43.8 Å². The molecule has 3 saturated heterocycles. The summed E-state index contributed by atoms with van der Waals surface area (Å²) in [6.07, 6.45) is 14.2. The van der Waals surface area contributed by atoms with Crippen molar-refractivity contribution in [1.82, 2.24) is 30.4 Å². The van der Waals surface area contributed by atoms with Crippen LogP contribution in [0.2, 0.25) is 0 Å². The number of nitrogens with one attached hydrogen (secondary N) is 2. The van der Waals surface area contributed by atoms with Crippen LogP contribution in [0.25, 0.3) is 0 Å². The van der Waals surface area contributed by atoms with Crippen LogP contribution < -0.4 is 15.5 Å². The molecule has 16 atom stereocenters. The van der Waals surface area contributed by atoms with E-state index >= 15 is 0 Å². The normalized spacial score (nSPS) is 32.5. The van der Waals surface area contributed by atoms with Crippen molar-refractivity contribution in [3.05, 3.63) is 65.6 Å². The zero-order valence-electron chi connectivity index (χ0n) is 59.6. The molecular formula is C72H113N7O18. The van der Waals surface area contributed by atoms with Crippen LogP contribution in [0, 0.1) is 35.5 Å². The van der Waals surface area contributed by atoms with Gasteiger partial charge in [-0.1, -0.05) is 71.1 Å². The van der Waals surface area contributed by atoms with Gasteiger partial charge in [-0.05, 0) is 114 Å². The number of methoxy groups -OCH3 is 4. The fraction of sp³-hybridized carbons (Fsp3) is 0.736. The number of aromatic nitrogens is 2. The molecule has 4 fully saturated rings. The smallest absolute Gasteiger partial charge is 0.407 e. The number of fused-ring (bicyclic) bond motifs is 3. The summed E-state index contributed by atoms with van der Waals surface area (Å²) in [5.74, 6) is -6.95. The van der Waals surface area contributed by atoms with Crippen molar-refractivity contribution in [1.29, 1.82) is 0 Å². The maximum absolute atomic E-state index is 14.9. The Balaban J connectivity index is 1.06. The van der Waals surface area contributed by atoms with Crippen LogP contribution in [0.1, 0.15) is 151 Å².